The smallest absolute Gasteiger partial charge is 0.350 e. The summed E-state index contributed by atoms with van der Waals surface area (Å²) >= 11 is 0.940. The normalized spacial score (nSPS) is 17.1. The first-order valence-electron chi connectivity index (χ1n) is 10.4. The van der Waals surface area contributed by atoms with E-state index in [2.05, 4.69) is 9.97 Å². The van der Waals surface area contributed by atoms with Gasteiger partial charge in [0.05, 0.1) is 31.0 Å². The van der Waals surface area contributed by atoms with E-state index in [0.717, 1.165) is 11.3 Å². The van der Waals surface area contributed by atoms with E-state index in [1.165, 1.54) is 24.4 Å². The number of Topliss-reactive ketones (excluding diaryl/α,β-unsaturated/α-hetero) is 1. The summed E-state index contributed by atoms with van der Waals surface area (Å²) < 4.78 is 10.3. The predicted octanol–water partition coefficient (Wildman–Crippen LogP) is 3.66. The Kier molecular flexibility index (Phi) is 6.42. The maximum atomic E-state index is 13.2. The van der Waals surface area contributed by atoms with Gasteiger partial charge in [-0.25, -0.2) is 9.78 Å². The van der Waals surface area contributed by atoms with Crippen LogP contribution in [0.4, 0.5) is 5.13 Å². The van der Waals surface area contributed by atoms with Crippen LogP contribution in [0.25, 0.3) is 5.76 Å². The summed E-state index contributed by atoms with van der Waals surface area (Å²) in [5.74, 6) is -2.15. The van der Waals surface area contributed by atoms with Gasteiger partial charge >= 0.3 is 11.9 Å². The number of aliphatic hydroxyl groups excluding tert-OH is 1. The molecule has 1 amide bonds. The summed E-state index contributed by atoms with van der Waals surface area (Å²) in [5.41, 5.74) is 1.14. The fraction of sp³-hybridized carbons (Fsp3) is 0.208. The summed E-state index contributed by atoms with van der Waals surface area (Å²) in [6.45, 7) is 3.88. The number of aryl methyl sites for hydroxylation is 1. The zero-order valence-electron chi connectivity index (χ0n) is 18.6. The molecule has 9 nitrogen and oxygen atoms in total. The molecule has 1 atom stereocenters. The molecule has 1 saturated heterocycles. The average Bonchev–Trinajstić information content (AvgIpc) is 3.36. The number of benzene rings is 1. The quantitative estimate of drug-likeness (QED) is 0.246. The number of pyridine rings is 1. The molecule has 10 heteroatoms. The Morgan fingerprint density at radius 2 is 1.94 bits per heavy atom. The standard InChI is InChI=1S/C24H21N3O6S/c1-4-33-16-7-5-6-15(12-16)19(28)17-18(14-8-10-25-11-9-14)27(22(30)20(17)29)24-26-13(2)21(34-24)23(31)32-3/h5-12,18,28H,4H2,1-3H3/b19-17+. The third kappa shape index (κ3) is 4.03. The lowest BCUT2D eigenvalue weighted by Gasteiger charge is -2.22. The van der Waals surface area contributed by atoms with Crippen LogP contribution >= 0.6 is 11.3 Å². The molecule has 3 heterocycles. The Morgan fingerprint density at radius 1 is 1.21 bits per heavy atom. The average molecular weight is 480 g/mol. The van der Waals surface area contributed by atoms with Gasteiger partial charge in [-0.3, -0.25) is 19.5 Å². The number of thiazole rings is 1. The molecule has 34 heavy (non-hydrogen) atoms. The van der Waals surface area contributed by atoms with Crippen molar-refractivity contribution >= 4 is 39.9 Å². The van der Waals surface area contributed by atoms with E-state index in [1.54, 1.807) is 43.3 Å². The van der Waals surface area contributed by atoms with E-state index in [1.807, 2.05) is 6.92 Å². The molecule has 3 aromatic rings. The summed E-state index contributed by atoms with van der Waals surface area (Å²) in [5, 5.41) is 11.3. The van der Waals surface area contributed by atoms with Crippen molar-refractivity contribution in [3.8, 4) is 5.75 Å². The zero-order chi connectivity index (χ0) is 24.4. The van der Waals surface area contributed by atoms with Crippen molar-refractivity contribution in [3.63, 3.8) is 0 Å². The Hall–Kier alpha value is -4.05. The molecule has 174 valence electrons. The molecule has 1 aliphatic rings. The van der Waals surface area contributed by atoms with Gasteiger partial charge in [0.25, 0.3) is 5.78 Å². The Balaban J connectivity index is 1.90. The van der Waals surface area contributed by atoms with E-state index < -0.39 is 23.7 Å². The van der Waals surface area contributed by atoms with Gasteiger partial charge in [-0.05, 0) is 43.7 Å². The van der Waals surface area contributed by atoms with E-state index in [0.29, 0.717) is 29.2 Å². The fourth-order valence-electron chi connectivity index (χ4n) is 3.71. The van der Waals surface area contributed by atoms with E-state index in [9.17, 15) is 19.5 Å². The van der Waals surface area contributed by atoms with Crippen LogP contribution in [0.1, 0.15) is 39.5 Å². The van der Waals surface area contributed by atoms with Gasteiger partial charge in [0.1, 0.15) is 16.4 Å². The van der Waals surface area contributed by atoms with Crippen molar-refractivity contribution in [1.29, 1.82) is 0 Å². The predicted molar refractivity (Wildman–Crippen MR) is 125 cm³/mol. The Bertz CT molecular complexity index is 1300. The van der Waals surface area contributed by atoms with Gasteiger partial charge in [-0.15, -0.1) is 0 Å². The van der Waals surface area contributed by atoms with Crippen molar-refractivity contribution in [2.24, 2.45) is 0 Å². The van der Waals surface area contributed by atoms with Gasteiger partial charge in [-0.2, -0.15) is 0 Å². The maximum absolute atomic E-state index is 13.2. The highest BCUT2D eigenvalue weighted by molar-refractivity contribution is 7.17. The molecule has 1 aliphatic heterocycles. The van der Waals surface area contributed by atoms with E-state index in [4.69, 9.17) is 9.47 Å². The van der Waals surface area contributed by atoms with Gasteiger partial charge in [0, 0.05) is 18.0 Å². The van der Waals surface area contributed by atoms with Crippen LogP contribution in [0.3, 0.4) is 0 Å². The molecule has 2 aromatic heterocycles. The molecular weight excluding hydrogens is 458 g/mol. The number of esters is 1. The highest BCUT2D eigenvalue weighted by atomic mass is 32.1. The first-order chi connectivity index (χ1) is 16.4. The van der Waals surface area contributed by atoms with Crippen LogP contribution in [0, 0.1) is 6.92 Å². The summed E-state index contributed by atoms with van der Waals surface area (Å²) in [6, 6.07) is 8.95. The number of carbonyl (C=O) groups is 3. The fourth-order valence-corrected chi connectivity index (χ4v) is 4.73. The number of carbonyl (C=O) groups excluding carboxylic acids is 3. The highest BCUT2D eigenvalue weighted by Gasteiger charge is 2.48. The molecule has 0 aliphatic carbocycles. The molecule has 1 fully saturated rings. The van der Waals surface area contributed by atoms with Gasteiger partial charge < -0.3 is 14.6 Å². The summed E-state index contributed by atoms with van der Waals surface area (Å²) in [6.07, 6.45) is 3.05. The van der Waals surface area contributed by atoms with Crippen molar-refractivity contribution < 1.29 is 29.0 Å². The van der Waals surface area contributed by atoms with E-state index in [-0.39, 0.29) is 21.3 Å². The number of aromatic nitrogens is 2. The topological polar surface area (TPSA) is 119 Å². The number of rotatable bonds is 6. The molecule has 1 aromatic carbocycles. The van der Waals surface area contributed by atoms with Crippen molar-refractivity contribution in [2.45, 2.75) is 19.9 Å². The number of anilines is 1. The Morgan fingerprint density at radius 3 is 2.62 bits per heavy atom. The number of hydrogen-bond donors (Lipinski definition) is 1. The molecule has 0 saturated carbocycles. The van der Waals surface area contributed by atoms with Crippen LogP contribution in [0.15, 0.2) is 54.4 Å². The Labute approximate surface area is 199 Å². The second kappa shape index (κ2) is 9.44. The zero-order valence-corrected chi connectivity index (χ0v) is 19.5. The number of aliphatic hydroxyl groups is 1. The maximum Gasteiger partial charge on any atom is 0.350 e. The van der Waals surface area contributed by atoms with Crippen molar-refractivity contribution in [3.05, 3.63) is 76.1 Å². The van der Waals surface area contributed by atoms with Crippen molar-refractivity contribution in [1.82, 2.24) is 9.97 Å². The molecule has 0 bridgehead atoms. The van der Waals surface area contributed by atoms with Crippen molar-refractivity contribution in [2.75, 3.05) is 18.6 Å². The summed E-state index contributed by atoms with van der Waals surface area (Å²) in [7, 11) is 1.25. The number of hydrogen-bond acceptors (Lipinski definition) is 9. The molecule has 4 rings (SSSR count). The molecular formula is C24H21N3O6S. The van der Waals surface area contributed by atoms with Crippen LogP contribution in [0.5, 0.6) is 5.75 Å². The van der Waals surface area contributed by atoms with Gasteiger partial charge in [0.2, 0.25) is 0 Å². The third-order valence-electron chi connectivity index (χ3n) is 5.25. The number of ether oxygens (including phenoxy) is 2. The number of ketones is 1. The third-order valence-corrected chi connectivity index (χ3v) is 6.38. The molecule has 1 N–H and O–H groups in total. The summed E-state index contributed by atoms with van der Waals surface area (Å²) in [4.78, 5) is 48.3. The van der Waals surface area contributed by atoms with E-state index >= 15 is 0 Å². The monoisotopic (exact) mass is 479 g/mol. The second-order valence-corrected chi connectivity index (χ2v) is 8.29. The van der Waals surface area contributed by atoms with Crippen LogP contribution in [0.2, 0.25) is 0 Å². The SMILES string of the molecule is CCOc1cccc(/C(O)=C2\C(=O)C(=O)N(c3nc(C)c(C(=O)OC)s3)C2c2ccncc2)c1. The van der Waals surface area contributed by atoms with Crippen LogP contribution in [-0.2, 0) is 14.3 Å². The lowest BCUT2D eigenvalue weighted by atomic mass is 9.96. The molecule has 0 radical (unpaired) electrons. The minimum Gasteiger partial charge on any atom is -0.507 e. The minimum absolute atomic E-state index is 0.0997. The second-order valence-electron chi connectivity index (χ2n) is 7.31. The molecule has 0 spiro atoms. The highest BCUT2D eigenvalue weighted by Crippen LogP contribution is 2.43. The minimum atomic E-state index is -0.977. The van der Waals surface area contributed by atoms with Gasteiger partial charge in [0.15, 0.2) is 5.13 Å². The number of nitrogens with zero attached hydrogens (tertiary/aromatic N) is 3. The lowest BCUT2D eigenvalue weighted by Crippen LogP contribution is -2.29. The van der Waals surface area contributed by atoms with Crippen LogP contribution < -0.4 is 9.64 Å². The lowest BCUT2D eigenvalue weighted by molar-refractivity contribution is -0.132. The number of methoxy groups -OCH3 is 1. The van der Waals surface area contributed by atoms with Crippen LogP contribution in [-0.4, -0.2) is 46.5 Å². The largest absolute Gasteiger partial charge is 0.507 e. The number of amides is 1. The molecule has 1 unspecified atom stereocenters. The van der Waals surface area contributed by atoms with Gasteiger partial charge in [-0.1, -0.05) is 23.5 Å². The first kappa shape index (κ1) is 23.1. The first-order valence-corrected chi connectivity index (χ1v) is 11.2.